The van der Waals surface area contributed by atoms with E-state index in [-0.39, 0.29) is 0 Å². The van der Waals surface area contributed by atoms with Gasteiger partial charge in [-0.25, -0.2) is 0 Å². The molecule has 2 heteroatoms. The summed E-state index contributed by atoms with van der Waals surface area (Å²) in [5.41, 5.74) is 2.17. The van der Waals surface area contributed by atoms with Crippen molar-refractivity contribution in [1.29, 1.82) is 0 Å². The Morgan fingerprint density at radius 1 is 1.36 bits per heavy atom. The zero-order valence-electron chi connectivity index (χ0n) is 7.94. The van der Waals surface area contributed by atoms with Crippen LogP contribution in [-0.2, 0) is 11.3 Å². The molecule has 0 saturated carbocycles. The molecule has 2 rings (SSSR count). The highest BCUT2D eigenvalue weighted by Crippen LogP contribution is 2.20. The van der Waals surface area contributed by atoms with E-state index in [1.807, 2.05) is 18.3 Å². The summed E-state index contributed by atoms with van der Waals surface area (Å²) in [6, 6.07) is 8.10. The van der Waals surface area contributed by atoms with E-state index in [1.165, 1.54) is 5.39 Å². The first-order chi connectivity index (χ1) is 6.83. The fraction of sp³-hybridized carbons (Fsp3) is 0.167. The molecule has 2 aromatic rings. The Morgan fingerprint density at radius 3 is 2.93 bits per heavy atom. The summed E-state index contributed by atoms with van der Waals surface area (Å²) in [5, 5.41) is 1.17. The third kappa shape index (κ3) is 1.43. The van der Waals surface area contributed by atoms with Gasteiger partial charge in [-0.15, -0.1) is 0 Å². The van der Waals surface area contributed by atoms with Crippen molar-refractivity contribution in [3.05, 3.63) is 42.9 Å². The largest absolute Gasteiger partial charge is 0.347 e. The van der Waals surface area contributed by atoms with Crippen LogP contribution in [0.2, 0.25) is 0 Å². The van der Waals surface area contributed by atoms with E-state index >= 15 is 0 Å². The van der Waals surface area contributed by atoms with Crippen LogP contribution in [0.1, 0.15) is 12.0 Å². The maximum absolute atomic E-state index is 10.3. The highest BCUT2D eigenvalue weighted by molar-refractivity contribution is 5.84. The van der Waals surface area contributed by atoms with Crippen molar-refractivity contribution in [2.24, 2.45) is 0 Å². The molecule has 0 aliphatic heterocycles. The number of aromatic nitrogens is 1. The van der Waals surface area contributed by atoms with Crippen molar-refractivity contribution in [3.63, 3.8) is 0 Å². The third-order valence-electron chi connectivity index (χ3n) is 2.36. The minimum atomic E-state index is 0.554. The molecule has 0 bridgehead atoms. The molecule has 1 heterocycles. The van der Waals surface area contributed by atoms with Gasteiger partial charge in [-0.2, -0.15) is 0 Å². The van der Waals surface area contributed by atoms with Crippen LogP contribution in [-0.4, -0.2) is 10.9 Å². The molecule has 71 valence electrons. The maximum atomic E-state index is 10.3. The van der Waals surface area contributed by atoms with Crippen molar-refractivity contribution in [3.8, 4) is 0 Å². The number of benzene rings is 1. The van der Waals surface area contributed by atoms with E-state index in [1.54, 1.807) is 0 Å². The molecule has 0 spiro atoms. The molecule has 0 aliphatic rings. The first-order valence-electron chi connectivity index (χ1n) is 4.66. The lowest BCUT2D eigenvalue weighted by atomic mass is 10.2. The molecule has 2 nitrogen and oxygen atoms in total. The van der Waals surface area contributed by atoms with Gasteiger partial charge in [0.25, 0.3) is 0 Å². The lowest BCUT2D eigenvalue weighted by Gasteiger charge is -2.00. The average molecular weight is 186 g/mol. The number of nitrogens with zero attached hydrogens (tertiary/aromatic N) is 1. The number of rotatable bonds is 3. The van der Waals surface area contributed by atoms with Gasteiger partial charge in [0, 0.05) is 30.1 Å². The molecule has 0 atom stereocenters. The molecule has 0 N–H and O–H groups in total. The minimum Gasteiger partial charge on any atom is -0.347 e. The Kier molecular flexibility index (Phi) is 2.35. The Morgan fingerprint density at radius 2 is 2.14 bits per heavy atom. The van der Waals surface area contributed by atoms with E-state index in [9.17, 15) is 4.79 Å². The summed E-state index contributed by atoms with van der Waals surface area (Å²) < 4.78 is 2.08. The smallest absolute Gasteiger partial charge is 0.121 e. The van der Waals surface area contributed by atoms with Crippen molar-refractivity contribution < 1.29 is 4.79 Å². The van der Waals surface area contributed by atoms with Crippen molar-refractivity contribution >= 4 is 17.2 Å². The number of para-hydroxylation sites is 1. The normalized spacial score (nSPS) is 10.6. The zero-order valence-corrected chi connectivity index (χ0v) is 7.94. The molecule has 14 heavy (non-hydrogen) atoms. The fourth-order valence-electron chi connectivity index (χ4n) is 1.70. The predicted octanol–water partition coefficient (Wildman–Crippen LogP) is 2.41. The molecule has 1 aromatic heterocycles. The monoisotopic (exact) mass is 186 g/mol. The van der Waals surface area contributed by atoms with Crippen molar-refractivity contribution in [2.75, 3.05) is 0 Å². The summed E-state index contributed by atoms with van der Waals surface area (Å²) in [6.45, 7) is 4.70. The topological polar surface area (TPSA) is 22.0 Å². The molecule has 0 unspecified atom stereocenters. The van der Waals surface area contributed by atoms with Crippen LogP contribution in [0.4, 0.5) is 0 Å². The van der Waals surface area contributed by atoms with Gasteiger partial charge >= 0.3 is 0 Å². The highest BCUT2D eigenvalue weighted by Gasteiger charge is 2.03. The van der Waals surface area contributed by atoms with Crippen LogP contribution in [0.5, 0.6) is 0 Å². The van der Waals surface area contributed by atoms with Gasteiger partial charge in [-0.1, -0.05) is 18.2 Å². The lowest BCUT2D eigenvalue weighted by Crippen LogP contribution is -1.95. The molecular weight excluding hydrogens is 174 g/mol. The minimum absolute atomic E-state index is 0.554. The second-order valence-corrected chi connectivity index (χ2v) is 3.32. The van der Waals surface area contributed by atoms with E-state index < -0.39 is 0 Å². The number of aldehydes is 1. The maximum Gasteiger partial charge on any atom is 0.121 e. The Bertz CT molecular complexity index is 456. The van der Waals surface area contributed by atoms with Gasteiger partial charge in [0.2, 0.25) is 0 Å². The molecule has 0 saturated heterocycles. The average Bonchev–Trinajstić information content (AvgIpc) is 2.54. The van der Waals surface area contributed by atoms with Crippen LogP contribution < -0.4 is 0 Å². The number of fused-ring (bicyclic) bond motifs is 1. The van der Waals surface area contributed by atoms with Gasteiger partial charge < -0.3 is 9.36 Å². The van der Waals surface area contributed by atoms with Gasteiger partial charge in [-0.3, -0.25) is 0 Å². The highest BCUT2D eigenvalue weighted by atomic mass is 16.1. The second-order valence-electron chi connectivity index (χ2n) is 3.32. The summed E-state index contributed by atoms with van der Waals surface area (Å²) >= 11 is 0. The summed E-state index contributed by atoms with van der Waals surface area (Å²) in [6.07, 6.45) is 3.49. The lowest BCUT2D eigenvalue weighted by molar-refractivity contribution is -0.108. The quantitative estimate of drug-likeness (QED) is 0.675. The standard InChI is InChI=1S/C12H12NO/c1-10-9-13(7-4-8-14)12-6-3-2-5-11(10)12/h2-3,5-6,8-9H,1,4,7H2. The fourth-order valence-corrected chi connectivity index (χ4v) is 1.70. The number of hydrogen-bond acceptors (Lipinski definition) is 1. The van der Waals surface area contributed by atoms with Crippen LogP contribution in [0.3, 0.4) is 0 Å². The van der Waals surface area contributed by atoms with E-state index in [0.717, 1.165) is 23.9 Å². The SMILES string of the molecule is [CH2]c1cn(CCC=O)c2ccccc12. The number of carbonyl (C=O) groups excluding carboxylic acids is 1. The van der Waals surface area contributed by atoms with Gasteiger partial charge in [-0.05, 0) is 18.6 Å². The van der Waals surface area contributed by atoms with Crippen LogP contribution in [0.25, 0.3) is 10.9 Å². The van der Waals surface area contributed by atoms with E-state index in [0.29, 0.717) is 6.42 Å². The summed E-state index contributed by atoms with van der Waals surface area (Å²) in [4.78, 5) is 10.3. The molecule has 0 fully saturated rings. The first kappa shape index (κ1) is 9.00. The van der Waals surface area contributed by atoms with Crippen molar-refractivity contribution in [2.45, 2.75) is 13.0 Å². The first-order valence-corrected chi connectivity index (χ1v) is 4.66. The number of hydrogen-bond donors (Lipinski definition) is 0. The Balaban J connectivity index is 2.49. The van der Waals surface area contributed by atoms with Crippen molar-refractivity contribution in [1.82, 2.24) is 4.57 Å². The third-order valence-corrected chi connectivity index (χ3v) is 2.36. The van der Waals surface area contributed by atoms with Crippen LogP contribution in [0.15, 0.2) is 30.5 Å². The summed E-state index contributed by atoms with van der Waals surface area (Å²) in [7, 11) is 0. The van der Waals surface area contributed by atoms with Gasteiger partial charge in [0.1, 0.15) is 6.29 Å². The van der Waals surface area contributed by atoms with Gasteiger partial charge in [0.15, 0.2) is 0 Å². The predicted molar refractivity (Wildman–Crippen MR) is 57.1 cm³/mol. The summed E-state index contributed by atoms with van der Waals surface area (Å²) in [5.74, 6) is 0. The second kappa shape index (κ2) is 3.66. The molecule has 0 aliphatic carbocycles. The van der Waals surface area contributed by atoms with Crippen LogP contribution >= 0.6 is 0 Å². The Hall–Kier alpha value is -1.57. The Labute approximate surface area is 83.2 Å². The van der Waals surface area contributed by atoms with E-state index in [2.05, 4.69) is 23.6 Å². The number of carbonyl (C=O) groups is 1. The number of aryl methyl sites for hydroxylation is 1. The van der Waals surface area contributed by atoms with Crippen LogP contribution in [0, 0.1) is 6.92 Å². The van der Waals surface area contributed by atoms with E-state index in [4.69, 9.17) is 0 Å². The zero-order chi connectivity index (χ0) is 9.97. The van der Waals surface area contributed by atoms with Gasteiger partial charge in [0.05, 0.1) is 0 Å². The molecular formula is C12H12NO. The molecule has 1 radical (unpaired) electrons. The molecule has 0 amide bonds. The molecule has 1 aromatic carbocycles.